The number of hydrogen-bond acceptors (Lipinski definition) is 5. The summed E-state index contributed by atoms with van der Waals surface area (Å²) < 4.78 is 0. The summed E-state index contributed by atoms with van der Waals surface area (Å²) >= 11 is 7.33. The fourth-order valence-electron chi connectivity index (χ4n) is 3.14. The number of anilines is 2. The Kier molecular flexibility index (Phi) is 5.08. The van der Waals surface area contributed by atoms with Crippen LogP contribution in [0.1, 0.15) is 33.7 Å². The lowest BCUT2D eigenvalue weighted by Crippen LogP contribution is -2.27. The minimum atomic E-state index is -0.563. The summed E-state index contributed by atoms with van der Waals surface area (Å²) in [5, 5.41) is 5.36. The van der Waals surface area contributed by atoms with Gasteiger partial charge in [-0.25, -0.2) is 4.98 Å². The summed E-state index contributed by atoms with van der Waals surface area (Å²) in [7, 11) is 0. The topological polar surface area (TPSA) is 121 Å². The largest absolute Gasteiger partial charge is 0.364 e. The zero-order valence-electron chi connectivity index (χ0n) is 15.1. The van der Waals surface area contributed by atoms with Crippen LogP contribution in [-0.4, -0.2) is 34.2 Å². The minimum Gasteiger partial charge on any atom is -0.364 e. The molecular weight excluding hydrogens is 414 g/mol. The van der Waals surface area contributed by atoms with Gasteiger partial charge in [0.1, 0.15) is 5.69 Å². The Morgan fingerprint density at radius 3 is 2.83 bits per heavy atom. The summed E-state index contributed by atoms with van der Waals surface area (Å²) in [5.41, 5.74) is 7.64. The summed E-state index contributed by atoms with van der Waals surface area (Å²) in [5.74, 6) is -0.980. The van der Waals surface area contributed by atoms with E-state index in [1.807, 2.05) is 0 Å². The van der Waals surface area contributed by atoms with Gasteiger partial charge in [0.25, 0.3) is 11.8 Å². The van der Waals surface area contributed by atoms with E-state index in [-0.39, 0.29) is 17.5 Å². The monoisotopic (exact) mass is 429 g/mol. The van der Waals surface area contributed by atoms with E-state index in [2.05, 4.69) is 15.3 Å². The van der Waals surface area contributed by atoms with E-state index in [1.165, 1.54) is 11.3 Å². The number of halogens is 1. The third-order valence-corrected chi connectivity index (χ3v) is 5.53. The number of nitrogens with one attached hydrogen (secondary N) is 2. The number of amides is 3. The van der Waals surface area contributed by atoms with E-state index in [0.29, 0.717) is 45.6 Å². The molecule has 1 aliphatic heterocycles. The molecule has 8 nitrogen and oxygen atoms in total. The predicted octanol–water partition coefficient (Wildman–Crippen LogP) is 3.27. The van der Waals surface area contributed by atoms with E-state index in [1.54, 1.807) is 40.7 Å². The van der Waals surface area contributed by atoms with Crippen molar-refractivity contribution in [2.75, 3.05) is 16.8 Å². The highest BCUT2D eigenvalue weighted by atomic mass is 35.5. The molecule has 3 aromatic rings. The summed E-state index contributed by atoms with van der Waals surface area (Å²) in [6, 6.07) is 6.43. The van der Waals surface area contributed by atoms with E-state index in [9.17, 15) is 14.4 Å². The molecule has 0 bridgehead atoms. The number of carbonyl (C=O) groups excluding carboxylic acids is 3. The van der Waals surface area contributed by atoms with Crippen molar-refractivity contribution in [2.45, 2.75) is 12.8 Å². The van der Waals surface area contributed by atoms with E-state index in [0.717, 1.165) is 6.42 Å². The quantitative estimate of drug-likeness (QED) is 0.576. The first-order chi connectivity index (χ1) is 13.9. The molecule has 0 radical (unpaired) electrons. The van der Waals surface area contributed by atoms with Crippen LogP contribution in [0.4, 0.5) is 10.8 Å². The molecule has 0 aliphatic carbocycles. The number of carbonyl (C=O) groups is 3. The van der Waals surface area contributed by atoms with Crippen LogP contribution in [0.5, 0.6) is 0 Å². The Morgan fingerprint density at radius 1 is 1.31 bits per heavy atom. The average Bonchev–Trinajstić information content (AvgIpc) is 3.41. The van der Waals surface area contributed by atoms with Crippen molar-refractivity contribution < 1.29 is 14.4 Å². The lowest BCUT2D eigenvalue weighted by molar-refractivity contribution is -0.117. The molecule has 0 atom stereocenters. The van der Waals surface area contributed by atoms with Crippen LogP contribution in [0.2, 0.25) is 5.02 Å². The Morgan fingerprint density at radius 2 is 2.14 bits per heavy atom. The Labute approximate surface area is 174 Å². The number of hydrogen-bond donors (Lipinski definition) is 3. The van der Waals surface area contributed by atoms with Crippen LogP contribution in [0.15, 0.2) is 35.8 Å². The molecule has 10 heteroatoms. The Hall–Kier alpha value is -3.17. The number of thiazole rings is 1. The van der Waals surface area contributed by atoms with Crippen molar-refractivity contribution in [3.8, 4) is 11.3 Å². The van der Waals surface area contributed by atoms with Crippen LogP contribution in [0.3, 0.4) is 0 Å². The molecule has 0 saturated carbocycles. The molecule has 4 N–H and O–H groups in total. The maximum Gasteiger partial charge on any atom is 0.265 e. The molecule has 2 aromatic heterocycles. The molecule has 1 fully saturated rings. The molecule has 1 aliphatic rings. The molecule has 4 rings (SSSR count). The molecule has 29 heavy (non-hydrogen) atoms. The first-order valence-electron chi connectivity index (χ1n) is 8.78. The minimum absolute atomic E-state index is 0.0319. The highest BCUT2D eigenvalue weighted by molar-refractivity contribution is 7.14. The third kappa shape index (κ3) is 3.87. The fraction of sp³-hybridized carbons (Fsp3) is 0.158. The maximum absolute atomic E-state index is 12.9. The van der Waals surface area contributed by atoms with Gasteiger partial charge in [-0.3, -0.25) is 19.7 Å². The Balaban J connectivity index is 1.57. The lowest BCUT2D eigenvalue weighted by Gasteiger charge is -2.19. The normalized spacial score (nSPS) is 13.7. The number of primary amides is 1. The van der Waals surface area contributed by atoms with Crippen LogP contribution in [0.25, 0.3) is 11.3 Å². The summed E-state index contributed by atoms with van der Waals surface area (Å²) in [6.45, 7) is 0.552. The smallest absolute Gasteiger partial charge is 0.265 e. The van der Waals surface area contributed by atoms with Crippen molar-refractivity contribution in [1.82, 2.24) is 9.97 Å². The molecule has 1 aromatic carbocycles. The van der Waals surface area contributed by atoms with E-state index in [4.69, 9.17) is 17.3 Å². The van der Waals surface area contributed by atoms with Crippen molar-refractivity contribution in [3.63, 3.8) is 0 Å². The number of aromatic amines is 1. The standard InChI is InChI=1S/C19H16ClN5O3S/c20-11-3-4-12(15(7-11)25-5-1-2-16(25)26)18(28)24-19-23-14(9-29-19)10-6-13(17(21)27)22-8-10/h3-4,6-9,22H,1-2,5H2,(H2,21,27)(H,23,24,28). The van der Waals surface area contributed by atoms with Gasteiger partial charge in [-0.05, 0) is 30.7 Å². The number of H-pyrrole nitrogens is 1. The molecule has 3 heterocycles. The second-order valence-corrected chi connectivity index (χ2v) is 7.76. The number of rotatable bonds is 5. The Bertz CT molecular complexity index is 1120. The molecule has 0 spiro atoms. The van der Waals surface area contributed by atoms with Crippen LogP contribution in [0, 0.1) is 0 Å². The van der Waals surface area contributed by atoms with E-state index < -0.39 is 5.91 Å². The number of aromatic nitrogens is 2. The summed E-state index contributed by atoms with van der Waals surface area (Å²) in [6.07, 6.45) is 2.82. The molecular formula is C19H16ClN5O3S. The molecule has 148 valence electrons. The van der Waals surface area contributed by atoms with Gasteiger partial charge >= 0.3 is 0 Å². The zero-order chi connectivity index (χ0) is 20.5. The van der Waals surface area contributed by atoms with Crippen LogP contribution >= 0.6 is 22.9 Å². The number of nitrogens with two attached hydrogens (primary N) is 1. The molecule has 3 amide bonds. The van der Waals surface area contributed by atoms with Gasteiger partial charge in [-0.15, -0.1) is 11.3 Å². The summed E-state index contributed by atoms with van der Waals surface area (Å²) in [4.78, 5) is 45.0. The first kappa shape index (κ1) is 19.2. The van der Waals surface area contributed by atoms with Gasteiger partial charge < -0.3 is 15.6 Å². The molecule has 1 saturated heterocycles. The average molecular weight is 430 g/mol. The van der Waals surface area contributed by atoms with Gasteiger partial charge in [-0.2, -0.15) is 0 Å². The van der Waals surface area contributed by atoms with Crippen LogP contribution in [-0.2, 0) is 4.79 Å². The zero-order valence-corrected chi connectivity index (χ0v) is 16.6. The van der Waals surface area contributed by atoms with Gasteiger partial charge in [0.2, 0.25) is 5.91 Å². The maximum atomic E-state index is 12.9. The van der Waals surface area contributed by atoms with Gasteiger partial charge in [-0.1, -0.05) is 11.6 Å². The van der Waals surface area contributed by atoms with Crippen molar-refractivity contribution in [1.29, 1.82) is 0 Å². The van der Waals surface area contributed by atoms with Gasteiger partial charge in [0.15, 0.2) is 5.13 Å². The number of nitrogens with zero attached hydrogens (tertiary/aromatic N) is 2. The number of benzene rings is 1. The van der Waals surface area contributed by atoms with Crippen molar-refractivity contribution in [2.24, 2.45) is 5.73 Å². The highest BCUT2D eigenvalue weighted by Crippen LogP contribution is 2.30. The van der Waals surface area contributed by atoms with Crippen molar-refractivity contribution in [3.05, 3.63) is 52.1 Å². The second-order valence-electron chi connectivity index (χ2n) is 6.47. The van der Waals surface area contributed by atoms with Gasteiger partial charge in [0, 0.05) is 35.1 Å². The SMILES string of the molecule is NC(=O)c1cc(-c2csc(NC(=O)c3ccc(Cl)cc3N3CCCC3=O)n2)c[nH]1. The lowest BCUT2D eigenvalue weighted by atomic mass is 10.1. The highest BCUT2D eigenvalue weighted by Gasteiger charge is 2.26. The third-order valence-electron chi connectivity index (χ3n) is 4.54. The predicted molar refractivity (Wildman–Crippen MR) is 111 cm³/mol. The fourth-order valence-corrected chi connectivity index (χ4v) is 4.02. The van der Waals surface area contributed by atoms with Crippen LogP contribution < -0.4 is 16.0 Å². The first-order valence-corrected chi connectivity index (χ1v) is 10.0. The van der Waals surface area contributed by atoms with E-state index >= 15 is 0 Å². The molecule has 0 unspecified atom stereocenters. The second kappa shape index (κ2) is 7.69. The van der Waals surface area contributed by atoms with Gasteiger partial charge in [0.05, 0.1) is 16.9 Å². The van der Waals surface area contributed by atoms with Crippen molar-refractivity contribution >= 4 is 51.5 Å².